The third kappa shape index (κ3) is 3.65. The molecule has 0 saturated carbocycles. The molecule has 0 atom stereocenters. The molecule has 4 aromatic carbocycles. The normalized spacial score (nSPS) is 10.4. The molecule has 4 aromatic rings. The van der Waals surface area contributed by atoms with Crippen LogP contribution in [0.25, 0.3) is 11.1 Å². The first-order valence-corrected chi connectivity index (χ1v) is 8.84. The van der Waals surface area contributed by atoms with Gasteiger partial charge in [0, 0.05) is 11.1 Å². The van der Waals surface area contributed by atoms with E-state index in [1.807, 2.05) is 103 Å². The minimum atomic E-state index is -0.0524. The van der Waals surface area contributed by atoms with Crippen LogP contribution in [-0.2, 0) is 0 Å². The number of benzene rings is 4. The molecule has 0 fully saturated rings. The van der Waals surface area contributed by atoms with Gasteiger partial charge >= 0.3 is 0 Å². The van der Waals surface area contributed by atoms with E-state index in [2.05, 4.69) is 0 Å². The number of ketones is 1. The van der Waals surface area contributed by atoms with E-state index in [-0.39, 0.29) is 5.78 Å². The number of carbonyl (C=O) groups excluding carboxylic acids is 1. The highest BCUT2D eigenvalue weighted by molar-refractivity contribution is 6.10. The fraction of sp³-hybridized carbons (Fsp3) is 0. The van der Waals surface area contributed by atoms with Crippen molar-refractivity contribution in [3.63, 3.8) is 0 Å². The number of ether oxygens (including phenoxy) is 1. The predicted octanol–water partition coefficient (Wildman–Crippen LogP) is 6.38. The van der Waals surface area contributed by atoms with Crippen molar-refractivity contribution < 1.29 is 9.53 Å². The molecule has 27 heavy (non-hydrogen) atoms. The lowest BCUT2D eigenvalue weighted by Gasteiger charge is -2.14. The van der Waals surface area contributed by atoms with Gasteiger partial charge in [-0.3, -0.25) is 4.79 Å². The lowest BCUT2D eigenvalue weighted by atomic mass is 10.0. The van der Waals surface area contributed by atoms with Crippen LogP contribution in [0.3, 0.4) is 0 Å². The Kier molecular flexibility index (Phi) is 4.80. The summed E-state index contributed by atoms with van der Waals surface area (Å²) < 4.78 is 6.22. The molecule has 0 N–H and O–H groups in total. The maximum absolute atomic E-state index is 12.9. The number of para-hydroxylation sites is 2. The van der Waals surface area contributed by atoms with Crippen molar-refractivity contribution in [3.8, 4) is 22.6 Å². The van der Waals surface area contributed by atoms with Crippen LogP contribution in [0.5, 0.6) is 11.5 Å². The summed E-state index contributed by atoms with van der Waals surface area (Å²) in [7, 11) is 0. The fourth-order valence-electron chi connectivity index (χ4n) is 3.02. The Morgan fingerprint density at radius 3 is 1.85 bits per heavy atom. The van der Waals surface area contributed by atoms with Crippen LogP contribution in [0.2, 0.25) is 0 Å². The van der Waals surface area contributed by atoms with Gasteiger partial charge in [-0.2, -0.15) is 0 Å². The molecule has 0 aliphatic rings. The lowest BCUT2D eigenvalue weighted by Crippen LogP contribution is -2.03. The van der Waals surface area contributed by atoms with Crippen LogP contribution in [0.1, 0.15) is 15.9 Å². The molecule has 0 bridgehead atoms. The minimum absolute atomic E-state index is 0.0524. The molecular weight excluding hydrogens is 332 g/mol. The molecule has 0 saturated heterocycles. The van der Waals surface area contributed by atoms with Gasteiger partial charge in [-0.1, -0.05) is 91.0 Å². The summed E-state index contributed by atoms with van der Waals surface area (Å²) in [4.78, 5) is 12.9. The van der Waals surface area contributed by atoms with E-state index in [1.165, 1.54) is 0 Å². The average molecular weight is 350 g/mol. The third-order valence-electron chi connectivity index (χ3n) is 4.36. The van der Waals surface area contributed by atoms with Crippen LogP contribution >= 0.6 is 0 Å². The van der Waals surface area contributed by atoms with Gasteiger partial charge in [-0.05, 0) is 23.8 Å². The van der Waals surface area contributed by atoms with E-state index in [4.69, 9.17) is 4.74 Å². The van der Waals surface area contributed by atoms with Gasteiger partial charge in [-0.25, -0.2) is 0 Å². The SMILES string of the molecule is O=C(c1ccccc1)c1ccccc1Oc1ccccc1-c1ccccc1. The second-order valence-electron chi connectivity index (χ2n) is 6.16. The molecule has 4 rings (SSSR count). The van der Waals surface area contributed by atoms with Gasteiger partial charge in [0.05, 0.1) is 5.56 Å². The Morgan fingerprint density at radius 1 is 0.556 bits per heavy atom. The number of hydrogen-bond acceptors (Lipinski definition) is 2. The summed E-state index contributed by atoms with van der Waals surface area (Å²) >= 11 is 0. The second kappa shape index (κ2) is 7.71. The molecule has 0 heterocycles. The molecule has 2 heteroatoms. The van der Waals surface area contributed by atoms with Gasteiger partial charge in [0.1, 0.15) is 11.5 Å². The maximum atomic E-state index is 12.9. The number of hydrogen-bond donors (Lipinski definition) is 0. The average Bonchev–Trinajstić information content (AvgIpc) is 2.75. The van der Waals surface area contributed by atoms with E-state index >= 15 is 0 Å². The summed E-state index contributed by atoms with van der Waals surface area (Å²) in [6, 6.07) is 34.6. The van der Waals surface area contributed by atoms with Crippen molar-refractivity contribution >= 4 is 5.78 Å². The van der Waals surface area contributed by atoms with E-state index < -0.39 is 0 Å². The highest BCUT2D eigenvalue weighted by Gasteiger charge is 2.16. The van der Waals surface area contributed by atoms with E-state index in [0.29, 0.717) is 16.9 Å². The third-order valence-corrected chi connectivity index (χ3v) is 4.36. The van der Waals surface area contributed by atoms with Crippen LogP contribution in [0, 0.1) is 0 Å². The molecule has 0 aliphatic heterocycles. The Morgan fingerprint density at radius 2 is 1.11 bits per heavy atom. The highest BCUT2D eigenvalue weighted by atomic mass is 16.5. The van der Waals surface area contributed by atoms with Crippen molar-refractivity contribution in [1.29, 1.82) is 0 Å². The first-order chi connectivity index (χ1) is 13.3. The standard InChI is InChI=1S/C25H18O2/c26-25(20-13-5-2-6-14-20)22-16-8-10-18-24(22)27-23-17-9-7-15-21(23)19-11-3-1-4-12-19/h1-18H. The Labute approximate surface area is 158 Å². The van der Waals surface area contributed by atoms with Gasteiger partial charge < -0.3 is 4.74 Å². The molecule has 0 aliphatic carbocycles. The zero-order valence-electron chi connectivity index (χ0n) is 14.7. The summed E-state index contributed by atoms with van der Waals surface area (Å²) in [6.07, 6.45) is 0. The molecule has 0 amide bonds. The van der Waals surface area contributed by atoms with E-state index in [9.17, 15) is 4.79 Å². The van der Waals surface area contributed by atoms with Crippen LogP contribution < -0.4 is 4.74 Å². The number of rotatable bonds is 5. The Balaban J connectivity index is 1.72. The first kappa shape index (κ1) is 16.8. The Hall–Kier alpha value is -3.65. The monoisotopic (exact) mass is 350 g/mol. The van der Waals surface area contributed by atoms with E-state index in [1.54, 1.807) is 6.07 Å². The zero-order valence-corrected chi connectivity index (χ0v) is 14.7. The van der Waals surface area contributed by atoms with Crippen molar-refractivity contribution in [2.45, 2.75) is 0 Å². The van der Waals surface area contributed by atoms with E-state index in [0.717, 1.165) is 16.9 Å². The molecule has 0 unspecified atom stereocenters. The van der Waals surface area contributed by atoms with Crippen LogP contribution in [-0.4, -0.2) is 5.78 Å². The molecule has 0 radical (unpaired) electrons. The van der Waals surface area contributed by atoms with Crippen molar-refractivity contribution in [1.82, 2.24) is 0 Å². The van der Waals surface area contributed by atoms with Crippen molar-refractivity contribution in [2.75, 3.05) is 0 Å². The fourth-order valence-corrected chi connectivity index (χ4v) is 3.02. The summed E-state index contributed by atoms with van der Waals surface area (Å²) in [6.45, 7) is 0. The van der Waals surface area contributed by atoms with Gasteiger partial charge in [0.2, 0.25) is 0 Å². The van der Waals surface area contributed by atoms with Crippen molar-refractivity contribution in [3.05, 3.63) is 120 Å². The Bertz CT molecular complexity index is 1050. The second-order valence-corrected chi connectivity index (χ2v) is 6.16. The molecule has 0 spiro atoms. The minimum Gasteiger partial charge on any atom is -0.456 e. The van der Waals surface area contributed by atoms with Crippen LogP contribution in [0.15, 0.2) is 109 Å². The lowest BCUT2D eigenvalue weighted by molar-refractivity contribution is 0.103. The molecule has 2 nitrogen and oxygen atoms in total. The number of carbonyl (C=O) groups is 1. The smallest absolute Gasteiger partial charge is 0.196 e. The summed E-state index contributed by atoms with van der Waals surface area (Å²) in [5.74, 6) is 1.22. The molecule has 130 valence electrons. The first-order valence-electron chi connectivity index (χ1n) is 8.84. The molecular formula is C25H18O2. The summed E-state index contributed by atoms with van der Waals surface area (Å²) in [5, 5.41) is 0. The van der Waals surface area contributed by atoms with Crippen LogP contribution in [0.4, 0.5) is 0 Å². The predicted molar refractivity (Wildman–Crippen MR) is 108 cm³/mol. The molecule has 0 aromatic heterocycles. The van der Waals surface area contributed by atoms with Crippen molar-refractivity contribution in [2.24, 2.45) is 0 Å². The highest BCUT2D eigenvalue weighted by Crippen LogP contribution is 2.34. The largest absolute Gasteiger partial charge is 0.456 e. The van der Waals surface area contributed by atoms with Gasteiger partial charge in [-0.15, -0.1) is 0 Å². The summed E-state index contributed by atoms with van der Waals surface area (Å²) in [5.41, 5.74) is 3.25. The van der Waals surface area contributed by atoms with Gasteiger partial charge in [0.15, 0.2) is 5.78 Å². The topological polar surface area (TPSA) is 26.3 Å². The zero-order chi connectivity index (χ0) is 18.5. The maximum Gasteiger partial charge on any atom is 0.196 e. The van der Waals surface area contributed by atoms with Gasteiger partial charge in [0.25, 0.3) is 0 Å². The quantitative estimate of drug-likeness (QED) is 0.391.